The van der Waals surface area contributed by atoms with Crippen LogP contribution in [0.15, 0.2) is 18.2 Å². The summed E-state index contributed by atoms with van der Waals surface area (Å²) in [6, 6.07) is 4.86. The van der Waals surface area contributed by atoms with Crippen LogP contribution >= 0.6 is 0 Å². The maximum atomic E-state index is 13.3. The summed E-state index contributed by atoms with van der Waals surface area (Å²) in [4.78, 5) is 23.6. The smallest absolute Gasteiger partial charge is 0.417 e. The number of halogens is 1. The van der Waals surface area contributed by atoms with Crippen molar-refractivity contribution >= 4 is 11.9 Å². The number of benzene rings is 1. The summed E-state index contributed by atoms with van der Waals surface area (Å²) in [7, 11) is 1.45. The van der Waals surface area contributed by atoms with E-state index in [4.69, 9.17) is 19.3 Å². The third kappa shape index (κ3) is 7.15. The standard InChI is InChI=1S/C19H26FNO6/c1-25-17-12-14(5-6-16(17)20)4-2-10-26-11-3-8-21-9-7-15(13-21)27-19(24)18(22)23/h5-6,12,15H,2-4,7-11,13H2,1H3,(H,22,23). The van der Waals surface area contributed by atoms with Crippen LogP contribution < -0.4 is 4.74 Å². The molecule has 0 bridgehead atoms. The fourth-order valence-electron chi connectivity index (χ4n) is 3.03. The number of carbonyl (C=O) groups excluding carboxylic acids is 1. The number of ether oxygens (including phenoxy) is 3. The van der Waals surface area contributed by atoms with Crippen molar-refractivity contribution in [2.75, 3.05) is 40.0 Å². The Morgan fingerprint density at radius 2 is 2.07 bits per heavy atom. The third-order valence-corrected chi connectivity index (χ3v) is 4.41. The first-order valence-electron chi connectivity index (χ1n) is 9.06. The average Bonchev–Trinajstić information content (AvgIpc) is 3.09. The van der Waals surface area contributed by atoms with E-state index in [0.29, 0.717) is 26.2 Å². The fraction of sp³-hybridized carbons (Fsp3) is 0.579. The Bertz CT molecular complexity index is 639. The molecule has 0 aromatic heterocycles. The van der Waals surface area contributed by atoms with Crippen LogP contribution in [0, 0.1) is 5.82 Å². The van der Waals surface area contributed by atoms with Gasteiger partial charge >= 0.3 is 11.9 Å². The maximum Gasteiger partial charge on any atom is 0.417 e. The van der Waals surface area contributed by atoms with Crippen LogP contribution in [0.25, 0.3) is 0 Å². The molecule has 1 saturated heterocycles. The highest BCUT2D eigenvalue weighted by Crippen LogP contribution is 2.19. The summed E-state index contributed by atoms with van der Waals surface area (Å²) in [6.45, 7) is 3.41. The number of nitrogens with zero attached hydrogens (tertiary/aromatic N) is 1. The lowest BCUT2D eigenvalue weighted by molar-refractivity contribution is -0.167. The van der Waals surface area contributed by atoms with Gasteiger partial charge in [-0.2, -0.15) is 0 Å². The van der Waals surface area contributed by atoms with Crippen molar-refractivity contribution in [1.82, 2.24) is 4.90 Å². The van der Waals surface area contributed by atoms with Crippen molar-refractivity contribution in [2.24, 2.45) is 0 Å². The first-order valence-corrected chi connectivity index (χ1v) is 9.06. The molecule has 1 aromatic rings. The van der Waals surface area contributed by atoms with Gasteiger partial charge in [0, 0.05) is 32.8 Å². The predicted octanol–water partition coefficient (Wildman–Crippen LogP) is 1.88. The molecule has 1 N–H and O–H groups in total. The van der Waals surface area contributed by atoms with Crippen LogP contribution in [-0.4, -0.2) is 68.0 Å². The number of hydrogen-bond donors (Lipinski definition) is 1. The number of carbonyl (C=O) groups is 2. The molecule has 0 aliphatic carbocycles. The zero-order valence-corrected chi connectivity index (χ0v) is 15.5. The van der Waals surface area contributed by atoms with Gasteiger partial charge in [-0.05, 0) is 43.4 Å². The molecule has 1 atom stereocenters. The van der Waals surface area contributed by atoms with Crippen LogP contribution in [0.2, 0.25) is 0 Å². The number of rotatable bonds is 10. The molecule has 1 heterocycles. The Hall–Kier alpha value is -2.19. The number of carboxylic acids is 1. The molecule has 0 amide bonds. The minimum Gasteiger partial charge on any atom is -0.494 e. The molecule has 1 unspecified atom stereocenters. The molecular weight excluding hydrogens is 357 g/mol. The molecule has 1 aliphatic rings. The van der Waals surface area contributed by atoms with E-state index in [9.17, 15) is 14.0 Å². The third-order valence-electron chi connectivity index (χ3n) is 4.41. The fourth-order valence-corrected chi connectivity index (χ4v) is 3.03. The highest BCUT2D eigenvalue weighted by atomic mass is 19.1. The second kappa shape index (κ2) is 10.8. The molecule has 1 aromatic carbocycles. The van der Waals surface area contributed by atoms with Crippen LogP contribution in [0.1, 0.15) is 24.8 Å². The van der Waals surface area contributed by atoms with E-state index in [1.807, 2.05) is 0 Å². The van der Waals surface area contributed by atoms with Crippen LogP contribution in [0.5, 0.6) is 5.75 Å². The van der Waals surface area contributed by atoms with Gasteiger partial charge in [-0.3, -0.25) is 4.90 Å². The molecule has 0 saturated carbocycles. The van der Waals surface area contributed by atoms with Gasteiger partial charge < -0.3 is 19.3 Å². The molecule has 27 heavy (non-hydrogen) atoms. The number of esters is 1. The quantitative estimate of drug-likeness (QED) is 0.375. The summed E-state index contributed by atoms with van der Waals surface area (Å²) in [5.74, 6) is -2.85. The Kier molecular flexibility index (Phi) is 8.47. The first-order chi connectivity index (χ1) is 13.0. The van der Waals surface area contributed by atoms with Gasteiger partial charge in [0.25, 0.3) is 0 Å². The highest BCUT2D eigenvalue weighted by Gasteiger charge is 2.27. The van der Waals surface area contributed by atoms with Gasteiger partial charge in [0.15, 0.2) is 11.6 Å². The second-order valence-electron chi connectivity index (χ2n) is 6.46. The summed E-state index contributed by atoms with van der Waals surface area (Å²) < 4.78 is 28.8. The Balaban J connectivity index is 1.52. The van der Waals surface area contributed by atoms with E-state index in [1.165, 1.54) is 13.2 Å². The molecule has 1 aliphatic heterocycles. The molecule has 150 valence electrons. The van der Waals surface area contributed by atoms with Gasteiger partial charge in [0.05, 0.1) is 7.11 Å². The molecule has 2 rings (SSSR count). The number of carboxylic acid groups (broad SMARTS) is 1. The average molecular weight is 383 g/mol. The first kappa shape index (κ1) is 21.1. The van der Waals surface area contributed by atoms with Crippen LogP contribution in [0.3, 0.4) is 0 Å². The van der Waals surface area contributed by atoms with E-state index in [-0.39, 0.29) is 17.7 Å². The second-order valence-corrected chi connectivity index (χ2v) is 6.46. The number of aliphatic carboxylic acids is 1. The topological polar surface area (TPSA) is 85.3 Å². The SMILES string of the molecule is COc1cc(CCCOCCCN2CCC(OC(=O)C(=O)O)C2)ccc1F. The van der Waals surface area contributed by atoms with Crippen molar-refractivity contribution in [1.29, 1.82) is 0 Å². The van der Waals surface area contributed by atoms with Crippen LogP contribution in [0.4, 0.5) is 4.39 Å². The van der Waals surface area contributed by atoms with E-state index in [1.54, 1.807) is 12.1 Å². The van der Waals surface area contributed by atoms with E-state index in [2.05, 4.69) is 4.90 Å². The zero-order valence-electron chi connectivity index (χ0n) is 15.5. The Morgan fingerprint density at radius 1 is 1.30 bits per heavy atom. The predicted molar refractivity (Wildman–Crippen MR) is 95.3 cm³/mol. The molecule has 8 heteroatoms. The number of methoxy groups -OCH3 is 1. The number of likely N-dealkylation sites (tertiary alicyclic amines) is 1. The highest BCUT2D eigenvalue weighted by molar-refractivity contribution is 6.28. The van der Waals surface area contributed by atoms with Gasteiger partial charge in [-0.1, -0.05) is 6.07 Å². The summed E-state index contributed by atoms with van der Waals surface area (Å²) in [6.07, 6.45) is 2.79. The molecule has 0 radical (unpaired) electrons. The van der Waals surface area contributed by atoms with Gasteiger partial charge in [-0.15, -0.1) is 0 Å². The van der Waals surface area contributed by atoms with E-state index >= 15 is 0 Å². The van der Waals surface area contributed by atoms with Crippen molar-refractivity contribution in [2.45, 2.75) is 31.8 Å². The minimum absolute atomic E-state index is 0.256. The minimum atomic E-state index is -1.55. The Morgan fingerprint density at radius 3 is 2.81 bits per heavy atom. The largest absolute Gasteiger partial charge is 0.494 e. The van der Waals surface area contributed by atoms with Gasteiger partial charge in [0.1, 0.15) is 6.10 Å². The van der Waals surface area contributed by atoms with Crippen molar-refractivity contribution in [3.63, 3.8) is 0 Å². The lowest BCUT2D eigenvalue weighted by atomic mass is 10.1. The monoisotopic (exact) mass is 383 g/mol. The van der Waals surface area contributed by atoms with Crippen molar-refractivity contribution in [3.8, 4) is 5.75 Å². The molecule has 7 nitrogen and oxygen atoms in total. The normalized spacial score (nSPS) is 17.0. The van der Waals surface area contributed by atoms with E-state index in [0.717, 1.165) is 37.9 Å². The molecular formula is C19H26FNO6. The van der Waals surface area contributed by atoms with Crippen molar-refractivity contribution in [3.05, 3.63) is 29.6 Å². The maximum absolute atomic E-state index is 13.3. The lowest BCUT2D eigenvalue weighted by Gasteiger charge is -2.15. The number of aryl methyl sites for hydroxylation is 1. The number of hydrogen-bond acceptors (Lipinski definition) is 6. The molecule has 1 fully saturated rings. The summed E-state index contributed by atoms with van der Waals surface area (Å²) in [5.41, 5.74) is 1.01. The molecule has 0 spiro atoms. The summed E-state index contributed by atoms with van der Waals surface area (Å²) in [5, 5.41) is 8.54. The summed E-state index contributed by atoms with van der Waals surface area (Å²) >= 11 is 0. The Labute approximate surface area is 158 Å². The zero-order chi connectivity index (χ0) is 19.6. The van der Waals surface area contributed by atoms with E-state index < -0.39 is 11.9 Å². The van der Waals surface area contributed by atoms with Gasteiger partial charge in [0.2, 0.25) is 0 Å². The van der Waals surface area contributed by atoms with Crippen LogP contribution in [-0.2, 0) is 25.5 Å². The van der Waals surface area contributed by atoms with Crippen molar-refractivity contribution < 1.29 is 33.3 Å². The van der Waals surface area contributed by atoms with Gasteiger partial charge in [-0.25, -0.2) is 14.0 Å². The lowest BCUT2D eigenvalue weighted by Crippen LogP contribution is -2.28.